The minimum absolute atomic E-state index is 0.0202. The first kappa shape index (κ1) is 70.2. The van der Waals surface area contributed by atoms with Crippen LogP contribution in [-0.4, -0.2) is 124 Å². The molecule has 0 saturated carbocycles. The molecule has 0 amide bonds. The van der Waals surface area contributed by atoms with Crippen molar-refractivity contribution in [2.24, 2.45) is 0 Å². The summed E-state index contributed by atoms with van der Waals surface area (Å²) in [6, 6.07) is 89.1. The Balaban J connectivity index is 0.959. The average Bonchev–Trinajstić information content (AvgIpc) is 0.770. The van der Waals surface area contributed by atoms with Gasteiger partial charge in [0, 0.05) is 7.11 Å². The predicted octanol–water partition coefficient (Wildman–Crippen LogP) is 13.1. The zero-order chi connectivity index (χ0) is 66.8. The van der Waals surface area contributed by atoms with Gasteiger partial charge in [-0.25, -0.2) is 0 Å². The van der Waals surface area contributed by atoms with Gasteiger partial charge < -0.3 is 76.2 Å². The highest BCUT2D eigenvalue weighted by Gasteiger charge is 2.57. The van der Waals surface area contributed by atoms with E-state index in [0.29, 0.717) is 0 Å². The maximum atomic E-state index is 13.4. The van der Waals surface area contributed by atoms with Crippen molar-refractivity contribution in [1.82, 2.24) is 0 Å². The molecule has 3 heterocycles. The third kappa shape index (κ3) is 20.3. The van der Waals surface area contributed by atoms with Gasteiger partial charge in [-0.05, 0) is 50.1 Å². The van der Waals surface area contributed by atoms with Crippen LogP contribution in [0.25, 0.3) is 0 Å². The van der Waals surface area contributed by atoms with Crippen molar-refractivity contribution in [2.75, 3.05) is 26.9 Å². The SMILES string of the molecule is CO[C@@H]1O[C@H](COCc2ccccc2)[C@@H](O[C@@H]2O[C@H](COCc3ccccc3)[C@H](O)[C@H](O[C@H]3O[C@H](COCc4ccccc4)[C@@H](OCc4ccccc4)[C@H](OCc4ccccc4)[C@H]3OCc3ccccc3)[C@H]2OCc2ccccc2)[C@H](OCc2ccccc2)[C@H]1OCc1ccccc1. The van der Waals surface area contributed by atoms with Crippen molar-refractivity contribution in [1.29, 1.82) is 0 Å². The molecular formula is C82H88O16. The Morgan fingerprint density at radius 1 is 0.245 bits per heavy atom. The summed E-state index contributed by atoms with van der Waals surface area (Å²) < 4.78 is 106. The molecule has 0 spiro atoms. The summed E-state index contributed by atoms with van der Waals surface area (Å²) in [5, 5.41) is 13.4. The second-order valence-corrected chi connectivity index (χ2v) is 24.6. The van der Waals surface area contributed by atoms with Crippen LogP contribution in [0.15, 0.2) is 273 Å². The fourth-order valence-electron chi connectivity index (χ4n) is 12.4. The van der Waals surface area contributed by atoms with Gasteiger partial charge in [-0.15, -0.1) is 0 Å². The highest BCUT2D eigenvalue weighted by atomic mass is 16.8. The molecule has 3 aliphatic rings. The number of rotatable bonds is 35. The smallest absolute Gasteiger partial charge is 0.187 e. The van der Waals surface area contributed by atoms with Crippen LogP contribution < -0.4 is 0 Å². The van der Waals surface area contributed by atoms with Crippen LogP contribution in [0.4, 0.5) is 0 Å². The van der Waals surface area contributed by atoms with Crippen molar-refractivity contribution in [3.8, 4) is 0 Å². The van der Waals surface area contributed by atoms with Crippen LogP contribution in [0, 0.1) is 0 Å². The van der Waals surface area contributed by atoms with Crippen LogP contribution in [-0.2, 0) is 131 Å². The van der Waals surface area contributed by atoms with E-state index in [9.17, 15) is 5.11 Å². The third-order valence-electron chi connectivity index (χ3n) is 17.5. The number of ether oxygens (including phenoxy) is 15. The molecule has 3 aliphatic heterocycles. The van der Waals surface area contributed by atoms with Crippen LogP contribution in [0.5, 0.6) is 0 Å². The van der Waals surface area contributed by atoms with Crippen LogP contribution in [0.2, 0.25) is 0 Å². The fourth-order valence-corrected chi connectivity index (χ4v) is 12.4. The van der Waals surface area contributed by atoms with Gasteiger partial charge in [-0.1, -0.05) is 273 Å². The third-order valence-corrected chi connectivity index (χ3v) is 17.5. The van der Waals surface area contributed by atoms with E-state index >= 15 is 0 Å². The molecule has 9 aromatic carbocycles. The minimum Gasteiger partial charge on any atom is -0.387 e. The lowest BCUT2D eigenvalue weighted by Gasteiger charge is -2.51. The maximum absolute atomic E-state index is 13.4. The van der Waals surface area contributed by atoms with Crippen molar-refractivity contribution >= 4 is 0 Å². The highest BCUT2D eigenvalue weighted by Crippen LogP contribution is 2.39. The van der Waals surface area contributed by atoms with E-state index in [1.54, 1.807) is 7.11 Å². The van der Waals surface area contributed by atoms with E-state index in [0.717, 1.165) is 50.1 Å². The van der Waals surface area contributed by atoms with Gasteiger partial charge in [0.2, 0.25) is 0 Å². The van der Waals surface area contributed by atoms with Gasteiger partial charge in [-0.3, -0.25) is 0 Å². The Kier molecular flexibility index (Phi) is 26.9. The van der Waals surface area contributed by atoms with Crippen molar-refractivity contribution < 1.29 is 76.2 Å². The molecular weight excluding hydrogens is 1240 g/mol. The lowest BCUT2D eigenvalue weighted by Crippen LogP contribution is -2.68. The number of methoxy groups -OCH3 is 1. The van der Waals surface area contributed by atoms with Gasteiger partial charge in [-0.2, -0.15) is 0 Å². The molecule has 0 radical (unpaired) electrons. The monoisotopic (exact) mass is 1330 g/mol. The molecule has 16 heteroatoms. The summed E-state index contributed by atoms with van der Waals surface area (Å²) in [7, 11) is 1.58. The summed E-state index contributed by atoms with van der Waals surface area (Å²) in [6.45, 7) is 1.62. The molecule has 0 aliphatic carbocycles. The number of aliphatic hydroxyl groups excluding tert-OH is 1. The quantitative estimate of drug-likeness (QED) is 0.0399. The molecule has 98 heavy (non-hydrogen) atoms. The van der Waals surface area contributed by atoms with Gasteiger partial charge in [0.1, 0.15) is 73.2 Å². The zero-order valence-electron chi connectivity index (χ0n) is 55.2. The second kappa shape index (κ2) is 37.5. The maximum Gasteiger partial charge on any atom is 0.187 e. The summed E-state index contributed by atoms with van der Waals surface area (Å²) in [6.07, 6.45) is -16.1. The van der Waals surface area contributed by atoms with E-state index in [2.05, 4.69) is 0 Å². The van der Waals surface area contributed by atoms with E-state index in [-0.39, 0.29) is 79.3 Å². The fraction of sp³-hybridized carbons (Fsp3) is 0.341. The molecule has 16 nitrogen and oxygen atoms in total. The normalized spacial score (nSPS) is 25.6. The molecule has 15 atom stereocenters. The van der Waals surface area contributed by atoms with Gasteiger partial charge in [0.05, 0.1) is 79.3 Å². The van der Waals surface area contributed by atoms with Crippen LogP contribution in [0.1, 0.15) is 50.1 Å². The summed E-state index contributed by atoms with van der Waals surface area (Å²) in [5.74, 6) is 0. The molecule has 3 saturated heterocycles. The summed E-state index contributed by atoms with van der Waals surface area (Å²) >= 11 is 0. The molecule has 1 N–H and O–H groups in total. The van der Waals surface area contributed by atoms with Gasteiger partial charge >= 0.3 is 0 Å². The summed E-state index contributed by atoms with van der Waals surface area (Å²) in [5.41, 5.74) is 8.30. The van der Waals surface area contributed by atoms with E-state index in [1.165, 1.54) is 0 Å². The lowest BCUT2D eigenvalue weighted by molar-refractivity contribution is -0.393. The molecule has 0 unspecified atom stereocenters. The standard InChI is InChI=1S/C82H88O16/c1-84-80-78(92-54-66-43-25-9-26-44-66)76(90-52-64-39-21-7-22-40-64)73(70(95-80)58-87-49-61-33-15-4-16-34-61)97-81-77(91-53-65-41-23-8-24-42-65)74(71(83)68(94-81)56-85-47-59-29-11-2-12-30-59)98-82-79(93-55-67-45-27-10-28-46-67)75(89-51-63-37-19-6-20-38-63)72(88-50-62-35-17-5-18-36-62)69(96-82)57-86-48-60-31-13-3-14-32-60/h2-46,68-83H,47-58H2,1H3/t68-,69-,70-,71+,72-,73-,74+,75+,76+,77-,78-,79-,80-,81+,82-/m1/s1. The first-order valence-electron chi connectivity index (χ1n) is 33.7. The predicted molar refractivity (Wildman–Crippen MR) is 367 cm³/mol. The van der Waals surface area contributed by atoms with E-state index in [4.69, 9.17) is 71.1 Å². The van der Waals surface area contributed by atoms with Crippen molar-refractivity contribution in [2.45, 2.75) is 152 Å². The molecule has 0 aromatic heterocycles. The molecule has 512 valence electrons. The average molecular weight is 1330 g/mol. The molecule has 3 fully saturated rings. The van der Waals surface area contributed by atoms with Crippen LogP contribution >= 0.6 is 0 Å². The Hall–Kier alpha value is -7.66. The Morgan fingerprint density at radius 3 is 0.796 bits per heavy atom. The minimum atomic E-state index is -1.47. The number of hydrogen-bond donors (Lipinski definition) is 1. The lowest BCUT2D eigenvalue weighted by atomic mass is 9.95. The number of benzene rings is 9. The molecule has 12 rings (SSSR count). The summed E-state index contributed by atoms with van der Waals surface area (Å²) in [4.78, 5) is 0. The number of hydrogen-bond acceptors (Lipinski definition) is 16. The highest BCUT2D eigenvalue weighted by molar-refractivity contribution is 5.21. The Morgan fingerprint density at radius 2 is 0.469 bits per heavy atom. The van der Waals surface area contributed by atoms with Crippen molar-refractivity contribution in [3.63, 3.8) is 0 Å². The largest absolute Gasteiger partial charge is 0.387 e. The first-order chi connectivity index (χ1) is 48.5. The first-order valence-corrected chi connectivity index (χ1v) is 33.7. The molecule has 0 bridgehead atoms. The molecule has 9 aromatic rings. The van der Waals surface area contributed by atoms with Crippen LogP contribution in [0.3, 0.4) is 0 Å². The number of aliphatic hydroxyl groups is 1. The van der Waals surface area contributed by atoms with Crippen molar-refractivity contribution in [3.05, 3.63) is 323 Å². The van der Waals surface area contributed by atoms with Gasteiger partial charge in [0.15, 0.2) is 18.9 Å². The van der Waals surface area contributed by atoms with Gasteiger partial charge in [0.25, 0.3) is 0 Å². The van der Waals surface area contributed by atoms with E-state index < -0.39 is 92.1 Å². The second-order valence-electron chi connectivity index (χ2n) is 24.6. The topological polar surface area (TPSA) is 159 Å². The van der Waals surface area contributed by atoms with E-state index in [1.807, 2.05) is 273 Å². The Bertz CT molecular complexity index is 3610. The Labute approximate surface area is 575 Å². The zero-order valence-corrected chi connectivity index (χ0v) is 55.2.